The Morgan fingerprint density at radius 1 is 0.879 bits per heavy atom. The molecular formula is C28H32N2O2S. The van der Waals surface area contributed by atoms with Crippen LogP contribution in [-0.4, -0.2) is 35.6 Å². The van der Waals surface area contributed by atoms with Gasteiger partial charge in [0.25, 0.3) is 0 Å². The molecule has 3 aromatic rings. The van der Waals surface area contributed by atoms with Crippen molar-refractivity contribution in [1.82, 2.24) is 10.2 Å². The van der Waals surface area contributed by atoms with Crippen LogP contribution in [0.4, 0.5) is 0 Å². The molecule has 4 nitrogen and oxygen atoms in total. The van der Waals surface area contributed by atoms with E-state index in [1.54, 1.807) is 23.7 Å². The molecule has 0 saturated carbocycles. The lowest BCUT2D eigenvalue weighted by Crippen LogP contribution is -2.50. The van der Waals surface area contributed by atoms with E-state index >= 15 is 0 Å². The molecule has 0 spiro atoms. The molecule has 0 bridgehead atoms. The van der Waals surface area contributed by atoms with E-state index in [1.807, 2.05) is 73.7 Å². The zero-order chi connectivity index (χ0) is 23.6. The van der Waals surface area contributed by atoms with E-state index in [1.165, 1.54) is 11.1 Å². The van der Waals surface area contributed by atoms with Crippen LogP contribution in [0.3, 0.4) is 0 Å². The first-order valence-corrected chi connectivity index (χ1v) is 12.4. The predicted molar refractivity (Wildman–Crippen MR) is 137 cm³/mol. The molecule has 1 atom stereocenters. The number of benzene rings is 3. The van der Waals surface area contributed by atoms with Gasteiger partial charge in [-0.2, -0.15) is 0 Å². The Hall–Kier alpha value is -3.05. The monoisotopic (exact) mass is 460 g/mol. The zero-order valence-electron chi connectivity index (χ0n) is 19.6. The number of nitrogens with one attached hydrogen (secondary N) is 1. The van der Waals surface area contributed by atoms with Gasteiger partial charge < -0.3 is 10.2 Å². The summed E-state index contributed by atoms with van der Waals surface area (Å²) in [5.74, 6) is 0.907. The van der Waals surface area contributed by atoms with E-state index in [-0.39, 0.29) is 11.8 Å². The molecule has 0 fully saturated rings. The number of hydrogen-bond donors (Lipinski definition) is 1. The second-order valence-corrected chi connectivity index (χ2v) is 9.23. The van der Waals surface area contributed by atoms with Gasteiger partial charge in [0.2, 0.25) is 11.8 Å². The molecule has 1 N–H and O–H groups in total. The van der Waals surface area contributed by atoms with Crippen molar-refractivity contribution >= 4 is 23.6 Å². The highest BCUT2D eigenvalue weighted by Gasteiger charge is 2.29. The molecule has 0 heterocycles. The van der Waals surface area contributed by atoms with E-state index in [4.69, 9.17) is 0 Å². The topological polar surface area (TPSA) is 49.4 Å². The fourth-order valence-electron chi connectivity index (χ4n) is 3.71. The van der Waals surface area contributed by atoms with Crippen molar-refractivity contribution in [3.8, 4) is 0 Å². The molecule has 5 heteroatoms. The summed E-state index contributed by atoms with van der Waals surface area (Å²) in [4.78, 5) is 28.1. The minimum atomic E-state index is -0.578. The highest BCUT2D eigenvalue weighted by Crippen LogP contribution is 2.20. The quantitative estimate of drug-likeness (QED) is 0.467. The number of hydrogen-bond acceptors (Lipinski definition) is 3. The molecule has 172 valence electrons. The lowest BCUT2D eigenvalue weighted by atomic mass is 10.0. The van der Waals surface area contributed by atoms with Crippen LogP contribution in [0.25, 0.3) is 0 Å². The van der Waals surface area contributed by atoms with Gasteiger partial charge in [0, 0.05) is 25.8 Å². The highest BCUT2D eigenvalue weighted by atomic mass is 32.2. The van der Waals surface area contributed by atoms with E-state index in [9.17, 15) is 9.59 Å². The largest absolute Gasteiger partial charge is 0.357 e. The molecule has 3 aromatic carbocycles. The van der Waals surface area contributed by atoms with Gasteiger partial charge in [-0.05, 0) is 36.1 Å². The minimum Gasteiger partial charge on any atom is -0.357 e. The number of carbonyl (C=O) groups excluding carboxylic acids is 2. The van der Waals surface area contributed by atoms with Crippen molar-refractivity contribution in [2.24, 2.45) is 0 Å². The fraction of sp³-hybridized carbons (Fsp3) is 0.286. The molecular weight excluding hydrogens is 428 g/mol. The molecule has 0 unspecified atom stereocenters. The van der Waals surface area contributed by atoms with Gasteiger partial charge in [-0.25, -0.2) is 0 Å². The Morgan fingerprint density at radius 2 is 1.55 bits per heavy atom. The lowest BCUT2D eigenvalue weighted by Gasteiger charge is -2.31. The van der Waals surface area contributed by atoms with Crippen molar-refractivity contribution in [3.05, 3.63) is 107 Å². The molecule has 0 aliphatic carbocycles. The van der Waals surface area contributed by atoms with Crippen molar-refractivity contribution < 1.29 is 9.59 Å². The van der Waals surface area contributed by atoms with Crippen molar-refractivity contribution in [2.75, 3.05) is 12.8 Å². The molecule has 33 heavy (non-hydrogen) atoms. The average Bonchev–Trinajstić information content (AvgIpc) is 2.83. The van der Waals surface area contributed by atoms with Crippen LogP contribution in [0, 0.1) is 13.8 Å². The molecule has 0 saturated heterocycles. The van der Waals surface area contributed by atoms with Crippen LogP contribution in [-0.2, 0) is 28.3 Å². The first kappa shape index (κ1) is 24.6. The summed E-state index contributed by atoms with van der Waals surface area (Å²) in [6.07, 6.45) is 0.473. The maximum absolute atomic E-state index is 13.5. The van der Waals surface area contributed by atoms with Crippen molar-refractivity contribution in [2.45, 2.75) is 38.6 Å². The third-order valence-electron chi connectivity index (χ3n) is 5.74. The number of thioether (sulfide) groups is 1. The number of aryl methyl sites for hydroxylation is 2. The smallest absolute Gasteiger partial charge is 0.242 e. The Balaban J connectivity index is 1.80. The summed E-state index contributed by atoms with van der Waals surface area (Å²) in [6, 6.07) is 25.7. The predicted octanol–water partition coefficient (Wildman–Crippen LogP) is 4.92. The van der Waals surface area contributed by atoms with Crippen LogP contribution in [0.2, 0.25) is 0 Å². The highest BCUT2D eigenvalue weighted by molar-refractivity contribution is 7.99. The van der Waals surface area contributed by atoms with E-state index in [2.05, 4.69) is 24.4 Å². The number of likely N-dealkylation sites (N-methyl/N-ethyl adjacent to an activating group) is 1. The Bertz CT molecular complexity index is 1050. The van der Waals surface area contributed by atoms with Gasteiger partial charge in [-0.1, -0.05) is 84.4 Å². The van der Waals surface area contributed by atoms with Gasteiger partial charge in [0.05, 0.1) is 5.75 Å². The summed E-state index contributed by atoms with van der Waals surface area (Å²) in [5, 5.41) is 2.77. The Labute approximate surface area is 201 Å². The zero-order valence-corrected chi connectivity index (χ0v) is 20.4. The van der Waals surface area contributed by atoms with Crippen LogP contribution in [0.1, 0.15) is 27.8 Å². The van der Waals surface area contributed by atoms with Crippen LogP contribution in [0.5, 0.6) is 0 Å². The van der Waals surface area contributed by atoms with Crippen LogP contribution >= 0.6 is 11.8 Å². The Morgan fingerprint density at radius 3 is 2.21 bits per heavy atom. The van der Waals surface area contributed by atoms with Gasteiger partial charge in [0.1, 0.15) is 6.04 Å². The minimum absolute atomic E-state index is 0.0290. The van der Waals surface area contributed by atoms with E-state index in [0.29, 0.717) is 18.7 Å². The van der Waals surface area contributed by atoms with Crippen molar-refractivity contribution in [3.63, 3.8) is 0 Å². The van der Waals surface area contributed by atoms with Crippen LogP contribution in [0.15, 0.2) is 78.9 Å². The number of nitrogens with zero attached hydrogens (tertiary/aromatic N) is 1. The van der Waals surface area contributed by atoms with E-state index < -0.39 is 6.04 Å². The lowest BCUT2D eigenvalue weighted by molar-refractivity contribution is -0.139. The van der Waals surface area contributed by atoms with Crippen molar-refractivity contribution in [1.29, 1.82) is 0 Å². The second kappa shape index (κ2) is 12.3. The average molecular weight is 461 g/mol. The molecule has 2 amide bonds. The first-order valence-electron chi connectivity index (χ1n) is 11.2. The first-order chi connectivity index (χ1) is 16.0. The van der Waals surface area contributed by atoms with E-state index in [0.717, 1.165) is 22.4 Å². The normalized spacial score (nSPS) is 11.6. The SMILES string of the molecule is CNC(=O)[C@H](Cc1ccccc1)N(Cc1ccc(C)cc1)C(=O)CSCc1ccccc1C. The third kappa shape index (κ3) is 7.22. The number of carbonyl (C=O) groups is 2. The summed E-state index contributed by atoms with van der Waals surface area (Å²) in [6.45, 7) is 4.52. The Kier molecular flexibility index (Phi) is 9.14. The fourth-order valence-corrected chi connectivity index (χ4v) is 4.70. The number of rotatable bonds is 10. The van der Waals surface area contributed by atoms with Gasteiger partial charge in [-0.3, -0.25) is 9.59 Å². The van der Waals surface area contributed by atoms with Crippen LogP contribution < -0.4 is 5.32 Å². The standard InChI is InChI=1S/C28H32N2O2S/c1-21-13-15-24(16-14-21)18-30(26(28(32)29-3)17-23-10-5-4-6-11-23)27(31)20-33-19-25-12-8-7-9-22(25)2/h4-16,26H,17-20H2,1-3H3,(H,29,32)/t26-/m0/s1. The third-order valence-corrected chi connectivity index (χ3v) is 6.70. The molecule has 0 radical (unpaired) electrons. The summed E-state index contributed by atoms with van der Waals surface area (Å²) in [7, 11) is 1.63. The van der Waals surface area contributed by atoms with Gasteiger partial charge in [-0.15, -0.1) is 11.8 Å². The van der Waals surface area contributed by atoms with Gasteiger partial charge in [0.15, 0.2) is 0 Å². The summed E-state index contributed by atoms with van der Waals surface area (Å²) >= 11 is 1.59. The molecule has 0 aliphatic heterocycles. The maximum atomic E-state index is 13.5. The maximum Gasteiger partial charge on any atom is 0.242 e. The molecule has 0 aliphatic rings. The summed E-state index contributed by atoms with van der Waals surface area (Å²) < 4.78 is 0. The van der Waals surface area contributed by atoms with Gasteiger partial charge >= 0.3 is 0 Å². The molecule has 0 aromatic heterocycles. The summed E-state index contributed by atoms with van der Waals surface area (Å²) in [5.41, 5.74) is 5.66. The second-order valence-electron chi connectivity index (χ2n) is 8.25. The molecule has 3 rings (SSSR count). The number of amides is 2.